The zero-order chi connectivity index (χ0) is 26.9. The molecule has 0 aliphatic carbocycles. The molecule has 0 spiro atoms. The summed E-state index contributed by atoms with van der Waals surface area (Å²) in [6.45, 7) is 9.07. The highest BCUT2D eigenvalue weighted by molar-refractivity contribution is 5.97. The molecule has 4 amide bonds. The minimum Gasteiger partial charge on any atom is -0.354 e. The molecule has 1 aliphatic heterocycles. The third-order valence-corrected chi connectivity index (χ3v) is 7.01. The predicted molar refractivity (Wildman–Crippen MR) is 144 cm³/mol. The highest BCUT2D eigenvalue weighted by Gasteiger charge is 2.34. The zero-order valence-electron chi connectivity index (χ0n) is 23.3. The summed E-state index contributed by atoms with van der Waals surface area (Å²) in [5.74, 6) is -0.381. The summed E-state index contributed by atoms with van der Waals surface area (Å²) in [5, 5.41) is 5.43. The predicted octanol–water partition coefficient (Wildman–Crippen LogP) is 3.80. The normalized spacial score (nSPS) is 16.7. The van der Waals surface area contributed by atoms with Gasteiger partial charge >= 0.3 is 0 Å². The van der Waals surface area contributed by atoms with E-state index in [1.807, 2.05) is 13.8 Å². The number of carbonyl (C=O) groups excluding carboxylic acids is 4. The first-order chi connectivity index (χ1) is 17.2. The molecule has 0 aromatic rings. The van der Waals surface area contributed by atoms with Gasteiger partial charge in [0.1, 0.15) is 6.04 Å². The molecule has 8 heteroatoms. The Morgan fingerprint density at radius 1 is 1.03 bits per heavy atom. The summed E-state index contributed by atoms with van der Waals surface area (Å²) < 4.78 is 0. The number of amides is 4. The Morgan fingerprint density at radius 2 is 1.64 bits per heavy atom. The first kappa shape index (κ1) is 31.6. The summed E-state index contributed by atoms with van der Waals surface area (Å²) in [6.07, 6.45) is 14.9. The Hall–Kier alpha value is -2.38. The fraction of sp³-hybridized carbons (Fsp3) is 0.786. The quantitative estimate of drug-likeness (QED) is 0.168. The second-order valence-electron chi connectivity index (χ2n) is 10.4. The number of rotatable bonds is 18. The molecule has 1 fully saturated rings. The second-order valence-corrected chi connectivity index (χ2v) is 10.4. The molecule has 2 atom stereocenters. The van der Waals surface area contributed by atoms with Gasteiger partial charge in [-0.1, -0.05) is 78.2 Å². The fourth-order valence-corrected chi connectivity index (χ4v) is 4.77. The van der Waals surface area contributed by atoms with Gasteiger partial charge in [0.05, 0.1) is 12.6 Å². The minimum atomic E-state index is -0.437. The number of nitrogens with one attached hydrogen (secondary N) is 2. The van der Waals surface area contributed by atoms with Gasteiger partial charge in [0, 0.05) is 25.7 Å². The van der Waals surface area contributed by atoms with Crippen LogP contribution in [-0.2, 0) is 19.2 Å². The lowest BCUT2D eigenvalue weighted by atomic mass is 9.99. The van der Waals surface area contributed by atoms with E-state index in [0.29, 0.717) is 31.5 Å². The molecule has 8 nitrogen and oxygen atoms in total. The fourth-order valence-electron chi connectivity index (χ4n) is 4.77. The Bertz CT molecular complexity index is 722. The summed E-state index contributed by atoms with van der Waals surface area (Å²) in [7, 11) is 1.67. The molecule has 1 heterocycles. The summed E-state index contributed by atoms with van der Waals surface area (Å²) in [5.41, 5.74) is 0.523. The van der Waals surface area contributed by atoms with Gasteiger partial charge in [-0.05, 0) is 32.1 Å². The van der Waals surface area contributed by atoms with Crippen molar-refractivity contribution >= 4 is 24.1 Å². The summed E-state index contributed by atoms with van der Waals surface area (Å²) in [6, 6.07) is -0.732. The van der Waals surface area contributed by atoms with Crippen LogP contribution in [0.25, 0.3) is 0 Å². The van der Waals surface area contributed by atoms with Crippen molar-refractivity contribution in [3.05, 3.63) is 11.6 Å². The molecule has 2 N–H and O–H groups in total. The number of likely N-dealkylation sites (tertiary alicyclic amines) is 1. The van der Waals surface area contributed by atoms with Gasteiger partial charge in [0.25, 0.3) is 0 Å². The molecule has 0 unspecified atom stereocenters. The van der Waals surface area contributed by atoms with Crippen molar-refractivity contribution in [3.63, 3.8) is 0 Å². The van der Waals surface area contributed by atoms with Crippen LogP contribution in [0.1, 0.15) is 98.3 Å². The smallest absolute Gasteiger partial charge is 0.249 e. The second kappa shape index (κ2) is 18.0. The molecule has 36 heavy (non-hydrogen) atoms. The van der Waals surface area contributed by atoms with Gasteiger partial charge in [0.15, 0.2) is 0 Å². The van der Waals surface area contributed by atoms with Gasteiger partial charge < -0.3 is 20.4 Å². The van der Waals surface area contributed by atoms with E-state index in [9.17, 15) is 19.2 Å². The Balaban J connectivity index is 2.56. The Morgan fingerprint density at radius 3 is 2.22 bits per heavy atom. The number of carbonyl (C=O) groups is 4. The third kappa shape index (κ3) is 11.1. The van der Waals surface area contributed by atoms with Gasteiger partial charge in [-0.2, -0.15) is 0 Å². The first-order valence-electron chi connectivity index (χ1n) is 13.9. The zero-order valence-corrected chi connectivity index (χ0v) is 23.3. The Labute approximate surface area is 218 Å². The molecular formula is C28H50N4O4. The maximum Gasteiger partial charge on any atom is 0.249 e. The number of unbranched alkanes of at least 4 members (excludes halogenated alkanes) is 8. The van der Waals surface area contributed by atoms with Crippen molar-refractivity contribution in [2.24, 2.45) is 5.92 Å². The lowest BCUT2D eigenvalue weighted by Gasteiger charge is -2.30. The van der Waals surface area contributed by atoms with Crippen LogP contribution in [0.2, 0.25) is 0 Å². The first-order valence-corrected chi connectivity index (χ1v) is 13.9. The van der Waals surface area contributed by atoms with Crippen molar-refractivity contribution < 1.29 is 19.2 Å². The molecule has 0 aromatic heterocycles. The maximum absolute atomic E-state index is 13.2. The Kier molecular flexibility index (Phi) is 15.8. The highest BCUT2D eigenvalue weighted by Crippen LogP contribution is 2.22. The monoisotopic (exact) mass is 506 g/mol. The van der Waals surface area contributed by atoms with Crippen molar-refractivity contribution in [1.29, 1.82) is 0 Å². The van der Waals surface area contributed by atoms with Crippen LogP contribution in [0.5, 0.6) is 0 Å². The molecule has 1 aliphatic rings. The van der Waals surface area contributed by atoms with Crippen LogP contribution >= 0.6 is 0 Å². The number of hydrogen-bond donors (Lipinski definition) is 2. The van der Waals surface area contributed by atoms with Crippen LogP contribution in [0.15, 0.2) is 11.6 Å². The van der Waals surface area contributed by atoms with Crippen molar-refractivity contribution in [3.8, 4) is 0 Å². The molecule has 0 bridgehead atoms. The lowest BCUT2D eigenvalue weighted by Crippen LogP contribution is -2.47. The van der Waals surface area contributed by atoms with Crippen LogP contribution in [0.4, 0.5) is 0 Å². The van der Waals surface area contributed by atoms with Crippen molar-refractivity contribution in [1.82, 2.24) is 20.4 Å². The van der Waals surface area contributed by atoms with Crippen molar-refractivity contribution in [2.75, 3.05) is 26.7 Å². The van der Waals surface area contributed by atoms with E-state index in [1.54, 1.807) is 29.8 Å². The van der Waals surface area contributed by atoms with E-state index >= 15 is 0 Å². The molecule has 0 radical (unpaired) electrons. The molecule has 206 valence electrons. The van der Waals surface area contributed by atoms with Gasteiger partial charge in [-0.15, -0.1) is 0 Å². The lowest BCUT2D eigenvalue weighted by molar-refractivity contribution is -0.135. The van der Waals surface area contributed by atoms with E-state index in [-0.39, 0.29) is 36.2 Å². The third-order valence-electron chi connectivity index (χ3n) is 7.01. The molecule has 0 saturated carbocycles. The number of hydrogen-bond acceptors (Lipinski definition) is 4. The van der Waals surface area contributed by atoms with E-state index in [2.05, 4.69) is 17.6 Å². The van der Waals surface area contributed by atoms with Gasteiger partial charge in [-0.3, -0.25) is 19.2 Å². The average molecular weight is 507 g/mol. The van der Waals surface area contributed by atoms with Crippen LogP contribution in [0.3, 0.4) is 0 Å². The van der Waals surface area contributed by atoms with Gasteiger partial charge in [0.2, 0.25) is 24.1 Å². The van der Waals surface area contributed by atoms with Crippen LogP contribution < -0.4 is 10.6 Å². The topological polar surface area (TPSA) is 98.8 Å². The summed E-state index contributed by atoms with van der Waals surface area (Å²) in [4.78, 5) is 52.2. The molecule has 0 aromatic carbocycles. The van der Waals surface area contributed by atoms with Crippen LogP contribution in [-0.4, -0.2) is 72.7 Å². The minimum absolute atomic E-state index is 0.0686. The maximum atomic E-state index is 13.2. The molecular weight excluding hydrogens is 456 g/mol. The van der Waals surface area contributed by atoms with E-state index in [4.69, 9.17) is 0 Å². The van der Waals surface area contributed by atoms with E-state index in [1.165, 1.54) is 44.9 Å². The molecule has 1 saturated heterocycles. The standard InChI is InChI=1S/C28H50N4O4/c1-6-7-8-9-10-11-12-13-14-17-30-27(35)24-16-15-18-32(24)28(36)23(4)19-25(22(2)3)31(5)26(34)20-29-21-33/h19,21-22,24-25H,6-18,20H2,1-5H3,(H,29,33)(H,30,35)/b23-19+/t24-,25+/m0/s1. The highest BCUT2D eigenvalue weighted by atomic mass is 16.2. The van der Waals surface area contributed by atoms with Gasteiger partial charge in [-0.25, -0.2) is 0 Å². The number of nitrogens with zero attached hydrogens (tertiary/aromatic N) is 2. The summed E-state index contributed by atoms with van der Waals surface area (Å²) >= 11 is 0. The van der Waals surface area contributed by atoms with Crippen LogP contribution in [0, 0.1) is 5.92 Å². The average Bonchev–Trinajstić information content (AvgIpc) is 3.35. The largest absolute Gasteiger partial charge is 0.354 e. The van der Waals surface area contributed by atoms with E-state index in [0.717, 1.165) is 19.3 Å². The van der Waals surface area contributed by atoms with Crippen molar-refractivity contribution in [2.45, 2.75) is 110 Å². The molecule has 1 rings (SSSR count). The van der Waals surface area contributed by atoms with E-state index < -0.39 is 6.04 Å². The SMILES string of the molecule is CCCCCCCCCCCNC(=O)[C@@H]1CCCN1C(=O)/C(C)=C/[C@H](C(C)C)N(C)C(=O)CNC=O. The number of likely N-dealkylation sites (N-methyl/N-ethyl adjacent to an activating group) is 1.